The molecule has 1 saturated heterocycles. The number of methoxy groups -OCH3 is 1. The van der Waals surface area contributed by atoms with Crippen molar-refractivity contribution in [1.82, 2.24) is 5.32 Å². The Balaban J connectivity index is 0.000000757. The van der Waals surface area contributed by atoms with Crippen molar-refractivity contribution in [2.75, 3.05) is 40.7 Å². The van der Waals surface area contributed by atoms with Crippen LogP contribution in [0.1, 0.15) is 19.3 Å². The molecular formula is C35H38N6O12S2. The van der Waals surface area contributed by atoms with E-state index in [4.69, 9.17) is 26.4 Å². The van der Waals surface area contributed by atoms with Gasteiger partial charge < -0.3 is 37.1 Å². The molecule has 1 fully saturated rings. The van der Waals surface area contributed by atoms with Crippen molar-refractivity contribution in [2.45, 2.75) is 35.1 Å². The highest BCUT2D eigenvalue weighted by Gasteiger charge is 2.32. The van der Waals surface area contributed by atoms with Gasteiger partial charge in [0, 0.05) is 16.5 Å². The lowest BCUT2D eigenvalue weighted by atomic mass is 10.1. The summed E-state index contributed by atoms with van der Waals surface area (Å²) in [5.74, 6) is -3.86. The van der Waals surface area contributed by atoms with Gasteiger partial charge in [-0.2, -0.15) is 0 Å². The molecule has 3 amide bonds. The van der Waals surface area contributed by atoms with Crippen molar-refractivity contribution in [1.29, 1.82) is 0 Å². The van der Waals surface area contributed by atoms with E-state index in [2.05, 4.69) is 10.6 Å². The molecule has 1 aliphatic rings. The number of aliphatic carboxylic acids is 2. The lowest BCUT2D eigenvalue weighted by molar-refractivity contribution is -0.143. The number of carboxylic acid groups (broad SMARTS) is 2. The van der Waals surface area contributed by atoms with Gasteiger partial charge in [-0.3, -0.25) is 32.6 Å². The van der Waals surface area contributed by atoms with Crippen molar-refractivity contribution < 1.29 is 55.8 Å². The summed E-state index contributed by atoms with van der Waals surface area (Å²) < 4.78 is 62.5. The average molecular weight is 799 g/mol. The van der Waals surface area contributed by atoms with E-state index in [1.807, 2.05) is 0 Å². The number of carbonyl (C=O) groups is 5. The number of nitrogens with one attached hydrogen (secondary N) is 2. The van der Waals surface area contributed by atoms with E-state index in [1.54, 1.807) is 24.3 Å². The first-order valence-corrected chi connectivity index (χ1v) is 19.2. The molecule has 4 aromatic carbocycles. The van der Waals surface area contributed by atoms with Gasteiger partial charge in [-0.25, -0.2) is 16.8 Å². The number of primary amides is 2. The molecule has 0 radical (unpaired) electrons. The van der Waals surface area contributed by atoms with Crippen LogP contribution < -0.4 is 35.4 Å². The van der Waals surface area contributed by atoms with Crippen molar-refractivity contribution in [3.63, 3.8) is 0 Å². The first-order chi connectivity index (χ1) is 25.9. The molecule has 1 aliphatic heterocycles. The van der Waals surface area contributed by atoms with Crippen molar-refractivity contribution in [2.24, 2.45) is 11.5 Å². The van der Waals surface area contributed by atoms with Crippen molar-refractivity contribution in [3.05, 3.63) is 84.9 Å². The number of carboxylic acids is 2. The topological polar surface area (TPSA) is 286 Å². The molecule has 5 rings (SSSR count). The Labute approximate surface area is 315 Å². The maximum Gasteiger partial charge on any atom is 0.303 e. The van der Waals surface area contributed by atoms with Crippen LogP contribution in [0.15, 0.2) is 94.7 Å². The molecule has 0 bridgehead atoms. The third-order valence-corrected chi connectivity index (χ3v) is 11.6. The summed E-state index contributed by atoms with van der Waals surface area (Å²) in [5.41, 5.74) is 11.4. The van der Waals surface area contributed by atoms with Crippen LogP contribution in [0.25, 0.3) is 10.8 Å². The Bertz CT molecular complexity index is 2280. The predicted molar refractivity (Wildman–Crippen MR) is 200 cm³/mol. The van der Waals surface area contributed by atoms with Crippen LogP contribution in [0.3, 0.4) is 0 Å². The molecule has 55 heavy (non-hydrogen) atoms. The fourth-order valence-electron chi connectivity index (χ4n) is 5.25. The molecule has 0 saturated carbocycles. The number of fused-ring (bicyclic) bond motifs is 1. The van der Waals surface area contributed by atoms with E-state index in [9.17, 15) is 40.8 Å². The van der Waals surface area contributed by atoms with Crippen LogP contribution in [-0.4, -0.2) is 89.5 Å². The number of hydrogen-bond acceptors (Lipinski definition) is 11. The summed E-state index contributed by atoms with van der Waals surface area (Å²) >= 11 is 0. The Morgan fingerprint density at radius 2 is 1.15 bits per heavy atom. The maximum absolute atomic E-state index is 14.0. The number of nitrogens with two attached hydrogens (primary N) is 2. The van der Waals surface area contributed by atoms with Gasteiger partial charge in [0.25, 0.3) is 20.0 Å². The second kappa shape index (κ2) is 17.7. The number of ether oxygens (including phenoxy) is 1. The third kappa shape index (κ3) is 10.2. The summed E-state index contributed by atoms with van der Waals surface area (Å²) in [6.07, 6.45) is 0.103. The molecule has 20 heteroatoms. The van der Waals surface area contributed by atoms with Crippen LogP contribution in [0.5, 0.6) is 5.75 Å². The smallest absolute Gasteiger partial charge is 0.303 e. The van der Waals surface area contributed by atoms with E-state index in [0.717, 1.165) is 15.2 Å². The molecule has 292 valence electrons. The Hall–Kier alpha value is -6.25. The summed E-state index contributed by atoms with van der Waals surface area (Å²) in [5, 5.41) is 22.0. The molecule has 1 heterocycles. The average Bonchev–Trinajstić information content (AvgIpc) is 3.11. The van der Waals surface area contributed by atoms with E-state index >= 15 is 0 Å². The standard InChI is InChI=1S/C31H32N6O8S2.C4H6O4/c1-45-21-8-12-23(13-9-21)47(43,44)37(19-30(33)39)28-15-14-27(24-4-2-3-5-25(24)28)36(18-29(32)38)46(41,42)22-10-6-20(7-11-22)35-31(40)26-16-17-34-26;5-3(6)1-2-4(7)8/h2-15,26,34H,16-19H2,1H3,(H2,32,38)(H2,33,39)(H,35,40);1-2H2,(H,5,6)(H,7,8)/t26-;/m1./s1. The lowest BCUT2D eigenvalue weighted by Crippen LogP contribution is -2.50. The van der Waals surface area contributed by atoms with Gasteiger partial charge in [-0.1, -0.05) is 24.3 Å². The minimum absolute atomic E-state index is 0.0254. The number of anilines is 3. The first kappa shape index (κ1) is 41.5. The predicted octanol–water partition coefficient (Wildman–Crippen LogP) is 1.45. The van der Waals surface area contributed by atoms with Gasteiger partial charge in [-0.15, -0.1) is 0 Å². The summed E-state index contributed by atoms with van der Waals surface area (Å²) in [7, 11) is -7.37. The Morgan fingerprint density at radius 1 is 0.727 bits per heavy atom. The number of sulfonamides is 2. The van der Waals surface area contributed by atoms with Gasteiger partial charge >= 0.3 is 11.9 Å². The zero-order valence-electron chi connectivity index (χ0n) is 29.2. The fourth-order valence-corrected chi connectivity index (χ4v) is 8.15. The fraction of sp³-hybridized carbons (Fsp3) is 0.229. The van der Waals surface area contributed by atoms with Gasteiger partial charge in [0.15, 0.2) is 0 Å². The lowest BCUT2D eigenvalue weighted by Gasteiger charge is -2.28. The highest BCUT2D eigenvalue weighted by Crippen LogP contribution is 2.38. The van der Waals surface area contributed by atoms with E-state index < -0.39 is 56.9 Å². The number of nitrogens with zero attached hydrogens (tertiary/aromatic N) is 2. The third-order valence-electron chi connectivity index (χ3n) is 8.06. The number of carbonyl (C=O) groups excluding carboxylic acids is 3. The van der Waals surface area contributed by atoms with Crippen LogP contribution >= 0.6 is 0 Å². The van der Waals surface area contributed by atoms with Gasteiger partial charge in [0.2, 0.25) is 17.7 Å². The SMILES string of the molecule is COc1ccc(S(=O)(=O)N(CC(N)=O)c2ccc(N(CC(N)=O)S(=O)(=O)c3ccc(NC(=O)[C@H]4CCN4)cc3)c3ccccc23)cc1.O=C(O)CCC(=O)O. The number of benzene rings is 4. The minimum Gasteiger partial charge on any atom is -0.497 e. The maximum atomic E-state index is 14.0. The molecule has 4 aromatic rings. The molecule has 0 aromatic heterocycles. The Morgan fingerprint density at radius 3 is 1.49 bits per heavy atom. The largest absolute Gasteiger partial charge is 0.497 e. The number of hydrogen-bond donors (Lipinski definition) is 6. The van der Waals surface area contributed by atoms with Gasteiger partial charge in [0.05, 0.1) is 47.2 Å². The minimum atomic E-state index is -4.44. The molecular weight excluding hydrogens is 761 g/mol. The van der Waals surface area contributed by atoms with Crippen LogP contribution in [0, 0.1) is 0 Å². The Kier molecular flexibility index (Phi) is 13.4. The summed E-state index contributed by atoms with van der Waals surface area (Å²) in [4.78, 5) is 55.6. The number of rotatable bonds is 16. The zero-order valence-corrected chi connectivity index (χ0v) is 30.9. The van der Waals surface area contributed by atoms with Crippen LogP contribution in [0.4, 0.5) is 17.1 Å². The summed E-state index contributed by atoms with van der Waals surface area (Å²) in [6, 6.07) is 19.7. The van der Waals surface area contributed by atoms with Crippen LogP contribution in [0.2, 0.25) is 0 Å². The molecule has 18 nitrogen and oxygen atoms in total. The van der Waals surface area contributed by atoms with Crippen molar-refractivity contribution >= 4 is 77.5 Å². The second-order valence-electron chi connectivity index (χ2n) is 11.9. The van der Waals surface area contributed by atoms with Gasteiger partial charge in [0.1, 0.15) is 18.8 Å². The molecule has 1 atom stereocenters. The van der Waals surface area contributed by atoms with Crippen LogP contribution in [-0.2, 0) is 44.0 Å². The quantitative estimate of drug-likeness (QED) is 0.0937. The summed E-state index contributed by atoms with van der Waals surface area (Å²) in [6.45, 7) is -0.727. The monoisotopic (exact) mass is 798 g/mol. The first-order valence-electron chi connectivity index (χ1n) is 16.3. The molecule has 8 N–H and O–H groups in total. The molecule has 0 unspecified atom stereocenters. The molecule has 0 spiro atoms. The second-order valence-corrected chi connectivity index (χ2v) is 15.6. The van der Waals surface area contributed by atoms with E-state index in [1.165, 1.54) is 67.8 Å². The normalized spacial score (nSPS) is 13.7. The number of amides is 3. The van der Waals surface area contributed by atoms with E-state index in [-0.39, 0.29) is 56.7 Å². The zero-order chi connectivity index (χ0) is 40.5. The molecule has 0 aliphatic carbocycles. The van der Waals surface area contributed by atoms with Gasteiger partial charge in [-0.05, 0) is 73.6 Å². The van der Waals surface area contributed by atoms with Crippen molar-refractivity contribution in [3.8, 4) is 5.75 Å². The highest BCUT2D eigenvalue weighted by atomic mass is 32.2. The highest BCUT2D eigenvalue weighted by molar-refractivity contribution is 7.93. The van der Waals surface area contributed by atoms with E-state index in [0.29, 0.717) is 17.9 Å².